The predicted octanol–water partition coefficient (Wildman–Crippen LogP) is 4.47. The molecular formula is C21H28N4S2. The molecule has 2 aromatic carbocycles. The molecule has 0 unspecified atom stereocenters. The largest absolute Gasteiger partial charge is 0.362 e. The number of nitrogens with one attached hydrogen (secondary N) is 4. The van der Waals surface area contributed by atoms with Gasteiger partial charge < -0.3 is 21.3 Å². The Morgan fingerprint density at radius 1 is 0.704 bits per heavy atom. The molecular weight excluding hydrogens is 372 g/mol. The molecule has 4 N–H and O–H groups in total. The Kier molecular flexibility index (Phi) is 9.01. The number of hydrogen-bond donors (Lipinski definition) is 4. The second-order valence-corrected chi connectivity index (χ2v) is 6.95. The Balaban J connectivity index is 1.65. The van der Waals surface area contributed by atoms with Crippen LogP contribution in [-0.4, -0.2) is 23.3 Å². The number of para-hydroxylation sites is 2. The third-order valence-electron chi connectivity index (χ3n) is 4.22. The van der Waals surface area contributed by atoms with Crippen LogP contribution >= 0.6 is 24.4 Å². The van der Waals surface area contributed by atoms with Gasteiger partial charge in [0.1, 0.15) is 0 Å². The fourth-order valence-corrected chi connectivity index (χ4v) is 3.15. The summed E-state index contributed by atoms with van der Waals surface area (Å²) < 4.78 is 0. The molecule has 0 saturated heterocycles. The van der Waals surface area contributed by atoms with Crippen molar-refractivity contribution in [1.82, 2.24) is 10.6 Å². The van der Waals surface area contributed by atoms with Gasteiger partial charge in [0, 0.05) is 24.5 Å². The maximum absolute atomic E-state index is 5.38. The standard InChI is InChI=1S/C21H28N4S2/c1-3-16-10-5-7-12-18(16)24-20(26)22-14-9-15-23-21(27)25-19-13-8-6-11-17(19)4-2/h5-8,10-13H,3-4,9,14-15H2,1-2H3,(H2,22,24,26)(H2,23,25,27). The average Bonchev–Trinajstić information content (AvgIpc) is 2.68. The summed E-state index contributed by atoms with van der Waals surface area (Å²) in [7, 11) is 0. The first-order valence-corrected chi connectivity index (χ1v) is 10.2. The van der Waals surface area contributed by atoms with E-state index >= 15 is 0 Å². The number of aryl methyl sites for hydroxylation is 2. The highest BCUT2D eigenvalue weighted by molar-refractivity contribution is 7.80. The highest BCUT2D eigenvalue weighted by atomic mass is 32.1. The molecule has 0 aliphatic heterocycles. The van der Waals surface area contributed by atoms with Crippen LogP contribution in [-0.2, 0) is 12.8 Å². The maximum atomic E-state index is 5.38. The van der Waals surface area contributed by atoms with Crippen LogP contribution in [0.15, 0.2) is 48.5 Å². The van der Waals surface area contributed by atoms with Gasteiger partial charge in [-0.05, 0) is 67.0 Å². The first kappa shape index (κ1) is 21.1. The molecule has 0 radical (unpaired) electrons. The Hall–Kier alpha value is -2.18. The molecule has 27 heavy (non-hydrogen) atoms. The van der Waals surface area contributed by atoms with Gasteiger partial charge in [-0.15, -0.1) is 0 Å². The van der Waals surface area contributed by atoms with Crippen LogP contribution in [0.2, 0.25) is 0 Å². The zero-order valence-electron chi connectivity index (χ0n) is 16.0. The van der Waals surface area contributed by atoms with E-state index in [0.717, 1.165) is 43.7 Å². The van der Waals surface area contributed by atoms with Crippen molar-refractivity contribution in [2.75, 3.05) is 23.7 Å². The van der Waals surface area contributed by atoms with Gasteiger partial charge in [-0.1, -0.05) is 50.2 Å². The Labute approximate surface area is 173 Å². The van der Waals surface area contributed by atoms with Crippen molar-refractivity contribution in [3.8, 4) is 0 Å². The molecule has 0 spiro atoms. The molecule has 0 fully saturated rings. The van der Waals surface area contributed by atoms with Crippen molar-refractivity contribution in [1.29, 1.82) is 0 Å². The molecule has 0 atom stereocenters. The normalized spacial score (nSPS) is 10.1. The molecule has 144 valence electrons. The van der Waals surface area contributed by atoms with Crippen LogP contribution in [0.3, 0.4) is 0 Å². The van der Waals surface area contributed by atoms with E-state index in [1.165, 1.54) is 11.1 Å². The van der Waals surface area contributed by atoms with Crippen molar-refractivity contribution in [2.45, 2.75) is 33.1 Å². The van der Waals surface area contributed by atoms with Crippen molar-refractivity contribution in [3.63, 3.8) is 0 Å². The van der Waals surface area contributed by atoms with Crippen LogP contribution in [0.1, 0.15) is 31.4 Å². The lowest BCUT2D eigenvalue weighted by atomic mass is 10.1. The Morgan fingerprint density at radius 3 is 1.52 bits per heavy atom. The molecule has 0 aliphatic rings. The molecule has 6 heteroatoms. The average molecular weight is 401 g/mol. The monoisotopic (exact) mass is 400 g/mol. The van der Waals surface area contributed by atoms with Gasteiger partial charge in [-0.2, -0.15) is 0 Å². The lowest BCUT2D eigenvalue weighted by molar-refractivity contribution is 0.748. The van der Waals surface area contributed by atoms with Gasteiger partial charge in [0.15, 0.2) is 10.2 Å². The van der Waals surface area contributed by atoms with Crippen molar-refractivity contribution in [2.24, 2.45) is 0 Å². The first-order chi connectivity index (χ1) is 13.1. The fraction of sp³-hybridized carbons (Fsp3) is 0.333. The van der Waals surface area contributed by atoms with Crippen LogP contribution < -0.4 is 21.3 Å². The highest BCUT2D eigenvalue weighted by Gasteiger charge is 2.03. The maximum Gasteiger partial charge on any atom is 0.170 e. The third-order valence-corrected chi connectivity index (χ3v) is 4.71. The van der Waals surface area contributed by atoms with Gasteiger partial charge in [0.2, 0.25) is 0 Å². The van der Waals surface area contributed by atoms with Gasteiger partial charge in [0.05, 0.1) is 0 Å². The topological polar surface area (TPSA) is 48.1 Å². The number of hydrogen-bond acceptors (Lipinski definition) is 2. The lowest BCUT2D eigenvalue weighted by Gasteiger charge is -2.15. The molecule has 0 aromatic heterocycles. The highest BCUT2D eigenvalue weighted by Crippen LogP contribution is 2.15. The minimum Gasteiger partial charge on any atom is -0.362 e. The molecule has 0 amide bonds. The van der Waals surface area contributed by atoms with Crippen molar-refractivity contribution >= 4 is 46.0 Å². The molecule has 0 bridgehead atoms. The summed E-state index contributed by atoms with van der Waals surface area (Å²) in [6, 6.07) is 16.4. The quantitative estimate of drug-likeness (QED) is 0.387. The molecule has 0 aliphatic carbocycles. The van der Waals surface area contributed by atoms with Crippen LogP contribution in [0.25, 0.3) is 0 Å². The van der Waals surface area contributed by atoms with E-state index in [9.17, 15) is 0 Å². The van der Waals surface area contributed by atoms with Gasteiger partial charge in [-0.3, -0.25) is 0 Å². The SMILES string of the molecule is CCc1ccccc1NC(=S)NCCCNC(=S)Nc1ccccc1CC. The predicted molar refractivity (Wildman–Crippen MR) is 125 cm³/mol. The van der Waals surface area contributed by atoms with E-state index in [-0.39, 0.29) is 0 Å². The lowest BCUT2D eigenvalue weighted by Crippen LogP contribution is -2.34. The van der Waals surface area contributed by atoms with Crippen molar-refractivity contribution < 1.29 is 0 Å². The molecule has 0 saturated carbocycles. The minimum absolute atomic E-state index is 0.647. The minimum atomic E-state index is 0.647. The number of benzene rings is 2. The summed E-state index contributed by atoms with van der Waals surface area (Å²) in [6.45, 7) is 5.83. The van der Waals surface area contributed by atoms with E-state index in [2.05, 4.69) is 47.2 Å². The summed E-state index contributed by atoms with van der Waals surface area (Å²) in [6.07, 6.45) is 2.86. The van der Waals surface area contributed by atoms with E-state index in [4.69, 9.17) is 24.4 Å². The molecule has 2 rings (SSSR count). The molecule has 0 heterocycles. The number of anilines is 2. The zero-order chi connectivity index (χ0) is 19.5. The van der Waals surface area contributed by atoms with E-state index < -0.39 is 0 Å². The van der Waals surface area contributed by atoms with Crippen LogP contribution in [0.5, 0.6) is 0 Å². The third kappa shape index (κ3) is 7.15. The summed E-state index contributed by atoms with van der Waals surface area (Å²) in [5, 5.41) is 14.3. The smallest absolute Gasteiger partial charge is 0.170 e. The van der Waals surface area contributed by atoms with Gasteiger partial charge in [-0.25, -0.2) is 0 Å². The summed E-state index contributed by atoms with van der Waals surface area (Å²) in [5.41, 5.74) is 4.64. The molecule has 2 aromatic rings. The summed E-state index contributed by atoms with van der Waals surface area (Å²) in [5.74, 6) is 0. The Bertz CT molecular complexity index is 698. The second kappa shape index (κ2) is 11.5. The molecule has 4 nitrogen and oxygen atoms in total. The van der Waals surface area contributed by atoms with Crippen molar-refractivity contribution in [3.05, 3.63) is 59.7 Å². The van der Waals surface area contributed by atoms with Gasteiger partial charge >= 0.3 is 0 Å². The van der Waals surface area contributed by atoms with Crippen LogP contribution in [0, 0.1) is 0 Å². The zero-order valence-corrected chi connectivity index (χ0v) is 17.6. The first-order valence-electron chi connectivity index (χ1n) is 9.39. The fourth-order valence-electron chi connectivity index (χ4n) is 2.73. The van der Waals surface area contributed by atoms with Crippen LogP contribution in [0.4, 0.5) is 11.4 Å². The number of rotatable bonds is 8. The van der Waals surface area contributed by atoms with E-state index in [1.54, 1.807) is 0 Å². The van der Waals surface area contributed by atoms with E-state index in [1.807, 2.05) is 36.4 Å². The second-order valence-electron chi connectivity index (χ2n) is 6.14. The Morgan fingerprint density at radius 2 is 1.11 bits per heavy atom. The summed E-state index contributed by atoms with van der Waals surface area (Å²) >= 11 is 10.8. The number of thiocarbonyl (C=S) groups is 2. The summed E-state index contributed by atoms with van der Waals surface area (Å²) in [4.78, 5) is 0. The van der Waals surface area contributed by atoms with Gasteiger partial charge in [0.25, 0.3) is 0 Å². The van der Waals surface area contributed by atoms with E-state index in [0.29, 0.717) is 10.2 Å².